The van der Waals surface area contributed by atoms with Crippen molar-refractivity contribution in [2.45, 2.75) is 107 Å². The van der Waals surface area contributed by atoms with Crippen molar-refractivity contribution in [2.24, 2.45) is 4.99 Å². The van der Waals surface area contributed by atoms with Crippen LogP contribution in [0.3, 0.4) is 0 Å². The standard InChI is InChI=1S/C23H23F2NO2.C4H10.2C3H8/c1-13-6-8-16(22(26-5)28-15(3)23(4,24)25)12-19(13)21-14(2)7-9-17-18(21)10-11-20(17)27;1-3-4-2;2*1-3-2/h6-9,12H,3,10-11H2,1-2,4-5H3;3-4H2,1-2H3;2*3H2,1-2H3. The van der Waals surface area contributed by atoms with Crippen LogP contribution < -0.4 is 0 Å². The Morgan fingerprint density at radius 3 is 1.92 bits per heavy atom. The third-order valence-corrected chi connectivity index (χ3v) is 5.59. The van der Waals surface area contributed by atoms with Gasteiger partial charge in [-0.1, -0.05) is 92.0 Å². The van der Waals surface area contributed by atoms with Crippen molar-refractivity contribution in [2.75, 3.05) is 7.05 Å². The number of hydrogen-bond donors (Lipinski definition) is 0. The smallest absolute Gasteiger partial charge is 0.301 e. The molecule has 0 aromatic heterocycles. The Morgan fingerprint density at radius 2 is 1.45 bits per heavy atom. The molecular weight excluding hydrogens is 480 g/mol. The van der Waals surface area contributed by atoms with Gasteiger partial charge in [0.2, 0.25) is 5.90 Å². The van der Waals surface area contributed by atoms with Gasteiger partial charge >= 0.3 is 5.92 Å². The first-order valence-corrected chi connectivity index (χ1v) is 13.9. The average molecular weight is 530 g/mol. The summed E-state index contributed by atoms with van der Waals surface area (Å²) in [6.45, 7) is 20.9. The molecule has 0 fully saturated rings. The van der Waals surface area contributed by atoms with Crippen LogP contribution in [0.5, 0.6) is 0 Å². The molecule has 212 valence electrons. The molecule has 0 amide bonds. The Kier molecular flexibility index (Phi) is 16.3. The summed E-state index contributed by atoms with van der Waals surface area (Å²) < 4.78 is 32.2. The fourth-order valence-electron chi connectivity index (χ4n) is 3.50. The highest BCUT2D eigenvalue weighted by Gasteiger charge is 2.30. The maximum atomic E-state index is 13.5. The number of carbonyl (C=O) groups excluding carboxylic acids is 1. The lowest BCUT2D eigenvalue weighted by atomic mass is 9.89. The minimum atomic E-state index is -3.17. The number of aliphatic imine (C=N–C) groups is 1. The van der Waals surface area contributed by atoms with E-state index in [9.17, 15) is 13.6 Å². The number of alkyl halides is 2. The molecule has 1 aliphatic rings. The van der Waals surface area contributed by atoms with E-state index in [1.807, 2.05) is 38.1 Å². The van der Waals surface area contributed by atoms with E-state index < -0.39 is 11.7 Å². The van der Waals surface area contributed by atoms with Gasteiger partial charge in [-0.3, -0.25) is 9.79 Å². The minimum absolute atomic E-state index is 0.0779. The molecule has 0 atom stereocenters. The molecule has 3 rings (SSSR count). The molecule has 2 aromatic rings. The van der Waals surface area contributed by atoms with Crippen LogP contribution in [0.25, 0.3) is 11.1 Å². The molecule has 3 nitrogen and oxygen atoms in total. The van der Waals surface area contributed by atoms with Crippen molar-refractivity contribution < 1.29 is 18.3 Å². The van der Waals surface area contributed by atoms with Crippen LogP contribution >= 0.6 is 0 Å². The first-order chi connectivity index (χ1) is 17.9. The molecule has 0 heterocycles. The second-order valence-electron chi connectivity index (χ2n) is 9.59. The van der Waals surface area contributed by atoms with Gasteiger partial charge in [-0.05, 0) is 60.2 Å². The van der Waals surface area contributed by atoms with Crippen molar-refractivity contribution in [3.8, 4) is 11.1 Å². The number of unbranched alkanes of at least 4 members (excludes halogenated alkanes) is 1. The molecule has 0 unspecified atom stereocenters. The highest BCUT2D eigenvalue weighted by atomic mass is 19.3. The van der Waals surface area contributed by atoms with E-state index in [1.165, 1.54) is 32.7 Å². The summed E-state index contributed by atoms with van der Waals surface area (Å²) in [6.07, 6.45) is 6.36. The zero-order valence-electron chi connectivity index (χ0n) is 25.4. The van der Waals surface area contributed by atoms with Gasteiger partial charge in [-0.2, -0.15) is 8.78 Å². The lowest BCUT2D eigenvalue weighted by molar-refractivity contribution is 0.0231. The Labute approximate surface area is 230 Å². The quantitative estimate of drug-likeness (QED) is 0.219. The van der Waals surface area contributed by atoms with Crippen LogP contribution in [0.4, 0.5) is 8.78 Å². The lowest BCUT2D eigenvalue weighted by Crippen LogP contribution is -2.19. The van der Waals surface area contributed by atoms with Crippen molar-refractivity contribution in [3.05, 3.63) is 70.5 Å². The molecular formula is C33H49F2NO2. The van der Waals surface area contributed by atoms with Crippen molar-refractivity contribution in [1.29, 1.82) is 0 Å². The highest BCUT2D eigenvalue weighted by molar-refractivity contribution is 6.03. The summed E-state index contributed by atoms with van der Waals surface area (Å²) in [5.41, 5.74) is 6.45. The third-order valence-electron chi connectivity index (χ3n) is 5.59. The van der Waals surface area contributed by atoms with Gasteiger partial charge < -0.3 is 4.74 Å². The predicted molar refractivity (Wildman–Crippen MR) is 160 cm³/mol. The Morgan fingerprint density at radius 1 is 0.921 bits per heavy atom. The van der Waals surface area contributed by atoms with Crippen LogP contribution in [-0.2, 0) is 11.2 Å². The number of fused-ring (bicyclic) bond motifs is 1. The average Bonchev–Trinajstić information content (AvgIpc) is 3.24. The molecule has 0 spiro atoms. The molecule has 2 aromatic carbocycles. The fraction of sp³-hybridized carbons (Fsp3) is 0.515. The van der Waals surface area contributed by atoms with Gasteiger partial charge in [0, 0.05) is 31.5 Å². The summed E-state index contributed by atoms with van der Waals surface area (Å²) >= 11 is 0. The Balaban J connectivity index is 0.00000118. The number of ketones is 1. The third kappa shape index (κ3) is 10.5. The number of halogens is 2. The summed E-state index contributed by atoms with van der Waals surface area (Å²) in [4.78, 5) is 16.2. The maximum absolute atomic E-state index is 13.5. The van der Waals surface area contributed by atoms with Crippen LogP contribution in [0.15, 0.2) is 47.7 Å². The van der Waals surface area contributed by atoms with E-state index in [-0.39, 0.29) is 11.7 Å². The second-order valence-corrected chi connectivity index (χ2v) is 9.59. The van der Waals surface area contributed by atoms with E-state index in [4.69, 9.17) is 4.74 Å². The monoisotopic (exact) mass is 529 g/mol. The minimum Gasteiger partial charge on any atom is -0.437 e. The molecule has 0 aliphatic heterocycles. The zero-order chi connectivity index (χ0) is 29.5. The van der Waals surface area contributed by atoms with E-state index in [0.717, 1.165) is 40.3 Å². The highest BCUT2D eigenvalue weighted by Crippen LogP contribution is 2.37. The van der Waals surface area contributed by atoms with Gasteiger partial charge in [0.15, 0.2) is 11.5 Å². The molecule has 0 saturated heterocycles. The number of aryl methyl sites for hydroxylation is 2. The number of benzene rings is 2. The van der Waals surface area contributed by atoms with Crippen molar-refractivity contribution in [1.82, 2.24) is 0 Å². The SMILES string of the molecule is C=C(OC(=NC)c1ccc(C)c(-c2c(C)ccc3c2CCC3=O)c1)C(C)(F)F.CCC.CCC.CCCC. The van der Waals surface area contributed by atoms with Crippen molar-refractivity contribution in [3.63, 3.8) is 0 Å². The first kappa shape index (κ1) is 35.2. The van der Waals surface area contributed by atoms with E-state index in [0.29, 0.717) is 18.4 Å². The van der Waals surface area contributed by atoms with Gasteiger partial charge in [0.05, 0.1) is 0 Å². The Hall–Kier alpha value is -2.82. The number of carbonyl (C=O) groups is 1. The van der Waals surface area contributed by atoms with E-state index in [2.05, 4.69) is 53.1 Å². The topological polar surface area (TPSA) is 38.7 Å². The molecule has 5 heteroatoms. The van der Waals surface area contributed by atoms with Gasteiger partial charge in [-0.25, -0.2) is 0 Å². The summed E-state index contributed by atoms with van der Waals surface area (Å²) in [6, 6.07) is 9.41. The van der Waals surface area contributed by atoms with Crippen molar-refractivity contribution >= 4 is 11.7 Å². The molecule has 0 saturated carbocycles. The molecule has 0 bridgehead atoms. The largest absolute Gasteiger partial charge is 0.437 e. The van der Waals surface area contributed by atoms with Crippen LogP contribution in [0.2, 0.25) is 0 Å². The van der Waals surface area contributed by atoms with E-state index in [1.54, 1.807) is 6.07 Å². The molecule has 1 aliphatic carbocycles. The normalized spacial score (nSPS) is 12.2. The van der Waals surface area contributed by atoms with Crippen LogP contribution in [0.1, 0.15) is 113 Å². The van der Waals surface area contributed by atoms with Crippen LogP contribution in [0, 0.1) is 13.8 Å². The predicted octanol–water partition coefficient (Wildman–Crippen LogP) is 10.3. The van der Waals surface area contributed by atoms with Gasteiger partial charge in [0.1, 0.15) is 0 Å². The summed E-state index contributed by atoms with van der Waals surface area (Å²) in [5.74, 6) is -3.59. The first-order valence-electron chi connectivity index (χ1n) is 13.9. The van der Waals surface area contributed by atoms with Gasteiger partial charge in [-0.15, -0.1) is 0 Å². The molecule has 0 radical (unpaired) electrons. The number of nitrogens with zero attached hydrogens (tertiary/aromatic N) is 1. The van der Waals surface area contributed by atoms with Crippen LogP contribution in [-0.4, -0.2) is 24.7 Å². The number of rotatable bonds is 5. The number of ether oxygens (including phenoxy) is 1. The van der Waals surface area contributed by atoms with E-state index >= 15 is 0 Å². The fourth-order valence-corrected chi connectivity index (χ4v) is 3.50. The molecule has 0 N–H and O–H groups in total. The number of hydrogen-bond acceptors (Lipinski definition) is 3. The summed E-state index contributed by atoms with van der Waals surface area (Å²) in [7, 11) is 1.49. The lowest BCUT2D eigenvalue weighted by Gasteiger charge is -2.18. The van der Waals surface area contributed by atoms with Gasteiger partial charge in [0.25, 0.3) is 0 Å². The summed E-state index contributed by atoms with van der Waals surface area (Å²) in [5, 5.41) is 0. The second kappa shape index (κ2) is 17.6. The molecule has 38 heavy (non-hydrogen) atoms. The number of Topliss-reactive ketones (excluding diaryl/α,β-unsaturated/α-hetero) is 1. The Bertz CT molecular complexity index is 1060. The zero-order valence-corrected chi connectivity index (χ0v) is 25.4. The maximum Gasteiger partial charge on any atom is 0.301 e. The number of allylic oxidation sites excluding steroid dienone is 1.